The number of carbonyl (C=O) groups excluding carboxylic acids is 4. The van der Waals surface area contributed by atoms with Gasteiger partial charge in [0, 0.05) is 30.2 Å². The zero-order valence-electron chi connectivity index (χ0n) is 24.1. The predicted molar refractivity (Wildman–Crippen MR) is 150 cm³/mol. The standard InChI is InChI=1S/C30H23Cl2F5N2O7/c1-4-38-25(41)12-6-5-11-13(16(12)26(38)42)9-29(31)27(43)39(24-22(36)20(34)19(33)21(35)23(24)37)28(44)30(29,32)18(11)17-14(45-2)7-10(40)8-15(17)46-3/h5,7-8,12-13,16,18,40H,4,6,9H2,1-3H3/t12-,13+,16-,18+,29+,30-/m0/s1. The number of hydrogen-bond acceptors (Lipinski definition) is 7. The SMILES string of the molecule is CCN1C(=O)[C@H]2[C@H](CC=C3[C@H]2C[C@@]2(Cl)C(=O)N(c4c(F)c(F)c(F)c(F)c4F)C(=O)[C@@]2(Cl)[C@H]3c2c(OC)cc(O)cc2OC)C1=O. The van der Waals surface area contributed by atoms with E-state index in [2.05, 4.69) is 0 Å². The molecule has 6 rings (SSSR count). The van der Waals surface area contributed by atoms with E-state index in [9.17, 15) is 37.5 Å². The molecule has 2 heterocycles. The first kappa shape index (κ1) is 32.0. The molecule has 4 aliphatic rings. The van der Waals surface area contributed by atoms with Crippen LogP contribution >= 0.6 is 23.2 Å². The Bertz CT molecular complexity index is 1750. The monoisotopic (exact) mass is 688 g/mol. The van der Waals surface area contributed by atoms with Gasteiger partial charge >= 0.3 is 0 Å². The van der Waals surface area contributed by atoms with Crippen molar-refractivity contribution in [2.75, 3.05) is 25.7 Å². The van der Waals surface area contributed by atoms with Crippen molar-refractivity contribution in [2.24, 2.45) is 17.8 Å². The molecule has 0 unspecified atom stereocenters. The molecule has 6 atom stereocenters. The van der Waals surface area contributed by atoms with E-state index in [1.165, 1.54) is 14.2 Å². The van der Waals surface area contributed by atoms with E-state index >= 15 is 8.78 Å². The summed E-state index contributed by atoms with van der Waals surface area (Å²) in [7, 11) is 2.39. The maximum Gasteiger partial charge on any atom is 0.258 e. The summed E-state index contributed by atoms with van der Waals surface area (Å²) in [5, 5.41) is 10.3. The fraction of sp³-hybridized carbons (Fsp3) is 0.400. The maximum atomic E-state index is 15.2. The van der Waals surface area contributed by atoms with Crippen molar-refractivity contribution in [2.45, 2.75) is 35.4 Å². The number of ether oxygens (including phenoxy) is 2. The average molecular weight is 689 g/mol. The number of benzene rings is 2. The van der Waals surface area contributed by atoms with Crippen LogP contribution in [0, 0.1) is 46.8 Å². The first-order valence-electron chi connectivity index (χ1n) is 13.9. The summed E-state index contributed by atoms with van der Waals surface area (Å²) in [6.45, 7) is 1.62. The number of carbonyl (C=O) groups is 4. The van der Waals surface area contributed by atoms with E-state index in [-0.39, 0.29) is 46.3 Å². The Morgan fingerprint density at radius 3 is 1.93 bits per heavy atom. The second kappa shape index (κ2) is 10.6. The van der Waals surface area contributed by atoms with Gasteiger partial charge < -0.3 is 14.6 Å². The number of halogens is 7. The molecule has 3 fully saturated rings. The first-order valence-corrected chi connectivity index (χ1v) is 14.7. The topological polar surface area (TPSA) is 113 Å². The quantitative estimate of drug-likeness (QED) is 0.121. The lowest BCUT2D eigenvalue weighted by Crippen LogP contribution is -2.60. The molecule has 1 N–H and O–H groups in total. The molecule has 2 aromatic carbocycles. The van der Waals surface area contributed by atoms with Crippen molar-refractivity contribution in [3.63, 3.8) is 0 Å². The van der Waals surface area contributed by atoms with Gasteiger partial charge in [-0.15, -0.1) is 23.2 Å². The average Bonchev–Trinajstić information content (AvgIpc) is 3.36. The Kier molecular flexibility index (Phi) is 7.36. The number of imide groups is 2. The van der Waals surface area contributed by atoms with Gasteiger partial charge in [-0.05, 0) is 25.7 Å². The third-order valence-electron chi connectivity index (χ3n) is 9.45. The van der Waals surface area contributed by atoms with Crippen LogP contribution in [0.1, 0.15) is 31.2 Å². The van der Waals surface area contributed by atoms with E-state index in [0.717, 1.165) is 17.0 Å². The second-order valence-electron chi connectivity index (χ2n) is 11.4. The maximum absolute atomic E-state index is 15.2. The van der Waals surface area contributed by atoms with E-state index in [0.29, 0.717) is 0 Å². The van der Waals surface area contributed by atoms with Crippen LogP contribution in [0.4, 0.5) is 27.6 Å². The van der Waals surface area contributed by atoms with Crippen LogP contribution in [-0.2, 0) is 19.2 Å². The van der Waals surface area contributed by atoms with Crippen LogP contribution in [0.3, 0.4) is 0 Å². The van der Waals surface area contributed by atoms with Crippen LogP contribution in [0.5, 0.6) is 17.2 Å². The van der Waals surface area contributed by atoms with Crippen molar-refractivity contribution in [3.8, 4) is 17.2 Å². The molecule has 9 nitrogen and oxygen atoms in total. The number of phenols is 1. The number of likely N-dealkylation sites (tertiary alicyclic amines) is 1. The van der Waals surface area contributed by atoms with Gasteiger partial charge in [0.1, 0.15) is 22.9 Å². The zero-order chi connectivity index (χ0) is 33.8. The molecule has 46 heavy (non-hydrogen) atoms. The number of nitrogens with zero attached hydrogens (tertiary/aromatic N) is 2. The Morgan fingerprint density at radius 2 is 1.41 bits per heavy atom. The fourth-order valence-electron chi connectivity index (χ4n) is 7.47. The summed E-state index contributed by atoms with van der Waals surface area (Å²) in [5.41, 5.74) is -1.75. The fourth-order valence-corrected chi connectivity index (χ4v) is 8.39. The first-order chi connectivity index (χ1) is 21.6. The molecular formula is C30H23Cl2F5N2O7. The van der Waals surface area contributed by atoms with Gasteiger partial charge in [0.2, 0.25) is 17.6 Å². The van der Waals surface area contributed by atoms with Gasteiger partial charge in [0.05, 0.1) is 26.1 Å². The van der Waals surface area contributed by atoms with Crippen molar-refractivity contribution < 1.29 is 55.7 Å². The Hall–Kier alpha value is -3.91. The Balaban J connectivity index is 1.67. The highest BCUT2D eigenvalue weighted by molar-refractivity contribution is 6.58. The van der Waals surface area contributed by atoms with Crippen LogP contribution in [0.25, 0.3) is 0 Å². The van der Waals surface area contributed by atoms with E-state index in [1.807, 2.05) is 0 Å². The third-order valence-corrected chi connectivity index (χ3v) is 10.9. The minimum Gasteiger partial charge on any atom is -0.508 e. The largest absolute Gasteiger partial charge is 0.508 e. The third kappa shape index (κ3) is 3.79. The number of rotatable bonds is 5. The zero-order valence-corrected chi connectivity index (χ0v) is 25.6. The predicted octanol–water partition coefficient (Wildman–Crippen LogP) is 4.69. The summed E-state index contributed by atoms with van der Waals surface area (Å²) in [6, 6.07) is 2.24. The van der Waals surface area contributed by atoms with Gasteiger partial charge in [-0.1, -0.05) is 11.6 Å². The minimum atomic E-state index is -2.77. The molecular weight excluding hydrogens is 666 g/mol. The summed E-state index contributed by atoms with van der Waals surface area (Å²) in [4.78, 5) is 50.7. The molecule has 0 aromatic heterocycles. The van der Waals surface area contributed by atoms with E-state index < -0.39 is 98.2 Å². The molecule has 0 spiro atoms. The number of fused-ring (bicyclic) bond motifs is 4. The highest BCUT2D eigenvalue weighted by atomic mass is 35.5. The number of amides is 4. The highest BCUT2D eigenvalue weighted by Gasteiger charge is 2.77. The van der Waals surface area contributed by atoms with Crippen molar-refractivity contribution in [3.05, 3.63) is 58.4 Å². The molecule has 244 valence electrons. The van der Waals surface area contributed by atoms with Crippen molar-refractivity contribution in [1.29, 1.82) is 0 Å². The lowest BCUT2D eigenvalue weighted by atomic mass is 9.56. The number of phenolic OH excluding ortho intramolecular Hbond substituents is 1. The highest BCUT2D eigenvalue weighted by Crippen LogP contribution is 2.67. The normalized spacial score (nSPS) is 30.3. The van der Waals surface area contributed by atoms with E-state index in [4.69, 9.17) is 32.7 Å². The number of allylic oxidation sites excluding steroid dienone is 2. The van der Waals surface area contributed by atoms with Crippen molar-refractivity contribution >= 4 is 52.5 Å². The molecule has 1 saturated carbocycles. The summed E-state index contributed by atoms with van der Waals surface area (Å²) >= 11 is 14.2. The summed E-state index contributed by atoms with van der Waals surface area (Å²) < 4.78 is 84.0. The second-order valence-corrected chi connectivity index (χ2v) is 12.6. The molecule has 2 aromatic rings. The Labute approximate surface area is 267 Å². The molecule has 4 amide bonds. The smallest absolute Gasteiger partial charge is 0.258 e. The number of hydrogen-bond donors (Lipinski definition) is 1. The van der Waals surface area contributed by atoms with Gasteiger partial charge in [-0.2, -0.15) is 0 Å². The summed E-state index contributed by atoms with van der Waals surface area (Å²) in [5.74, 6) is -22.0. The van der Waals surface area contributed by atoms with Gasteiger partial charge in [0.15, 0.2) is 33.0 Å². The summed E-state index contributed by atoms with van der Waals surface area (Å²) in [6.07, 6.45) is 0.895. The van der Waals surface area contributed by atoms with Crippen LogP contribution in [-0.4, -0.2) is 64.1 Å². The number of aromatic hydroxyl groups is 1. The molecule has 16 heteroatoms. The lowest BCUT2D eigenvalue weighted by Gasteiger charge is -2.51. The number of anilines is 1. The Morgan fingerprint density at radius 1 is 0.870 bits per heavy atom. The number of methoxy groups -OCH3 is 2. The van der Waals surface area contributed by atoms with E-state index in [1.54, 1.807) is 13.0 Å². The van der Waals surface area contributed by atoms with Gasteiger partial charge in [0.25, 0.3) is 11.8 Å². The number of alkyl halides is 2. The molecule has 2 aliphatic heterocycles. The van der Waals surface area contributed by atoms with Gasteiger partial charge in [-0.25, -0.2) is 26.9 Å². The van der Waals surface area contributed by atoms with Gasteiger partial charge in [-0.3, -0.25) is 24.1 Å². The van der Waals surface area contributed by atoms with Crippen LogP contribution in [0.2, 0.25) is 0 Å². The molecule has 2 saturated heterocycles. The minimum absolute atomic E-state index is 0.0114. The van der Waals surface area contributed by atoms with Crippen LogP contribution < -0.4 is 14.4 Å². The molecule has 0 bridgehead atoms. The van der Waals surface area contributed by atoms with Crippen LogP contribution in [0.15, 0.2) is 23.8 Å². The lowest BCUT2D eigenvalue weighted by molar-refractivity contribution is -0.140. The molecule has 2 aliphatic carbocycles. The molecule has 0 radical (unpaired) electrons. The van der Waals surface area contributed by atoms with Crippen molar-refractivity contribution in [1.82, 2.24) is 4.90 Å².